The van der Waals surface area contributed by atoms with E-state index in [1.165, 1.54) is 0 Å². The third-order valence-corrected chi connectivity index (χ3v) is 6.66. The lowest BCUT2D eigenvalue weighted by molar-refractivity contribution is 0.0896. The van der Waals surface area contributed by atoms with E-state index in [0.717, 1.165) is 11.3 Å². The summed E-state index contributed by atoms with van der Waals surface area (Å²) in [4.78, 5) is 3.25. The molecule has 2 rings (SSSR count). The van der Waals surface area contributed by atoms with E-state index in [1.54, 1.807) is 15.6 Å². The van der Waals surface area contributed by atoms with Gasteiger partial charge in [0.2, 0.25) is 10.0 Å². The Balaban J connectivity index is 1.80. The van der Waals surface area contributed by atoms with Gasteiger partial charge in [-0.3, -0.25) is 4.90 Å². The lowest BCUT2D eigenvalue weighted by atomic mass is 10.2. The van der Waals surface area contributed by atoms with E-state index in [-0.39, 0.29) is 11.9 Å². The van der Waals surface area contributed by atoms with Gasteiger partial charge in [0.1, 0.15) is 0 Å². The lowest BCUT2D eigenvalue weighted by Crippen LogP contribution is -2.50. The predicted molar refractivity (Wildman–Crippen MR) is 86.1 cm³/mol. The van der Waals surface area contributed by atoms with E-state index in [4.69, 9.17) is 0 Å². The number of β-amino-alcohol motifs (C(OH)–C–C–N with tert-alkyl or cyclic N) is 1. The van der Waals surface area contributed by atoms with Crippen molar-refractivity contribution in [2.75, 3.05) is 38.5 Å². The van der Waals surface area contributed by atoms with E-state index < -0.39 is 10.0 Å². The SMILES string of the molecule is CCC(O)CN1CCN(S(=O)(=O)CCc2cccs2)CC1. The minimum atomic E-state index is -3.17. The molecule has 0 radical (unpaired) electrons. The molecule has 1 aliphatic rings. The molecule has 5 nitrogen and oxygen atoms in total. The Morgan fingerprint density at radius 1 is 1.33 bits per heavy atom. The van der Waals surface area contributed by atoms with Crippen LogP contribution < -0.4 is 0 Å². The highest BCUT2D eigenvalue weighted by atomic mass is 32.2. The molecule has 1 aromatic heterocycles. The molecule has 1 saturated heterocycles. The van der Waals surface area contributed by atoms with Crippen molar-refractivity contribution >= 4 is 21.4 Å². The zero-order valence-electron chi connectivity index (χ0n) is 12.4. The minimum absolute atomic E-state index is 0.186. The van der Waals surface area contributed by atoms with Crippen molar-refractivity contribution in [3.8, 4) is 0 Å². The Morgan fingerprint density at radius 2 is 2.05 bits per heavy atom. The summed E-state index contributed by atoms with van der Waals surface area (Å²) in [5, 5.41) is 11.6. The number of aliphatic hydroxyl groups excluding tert-OH is 1. The molecule has 1 aliphatic heterocycles. The average Bonchev–Trinajstić information content (AvgIpc) is 2.99. The van der Waals surface area contributed by atoms with Gasteiger partial charge in [-0.25, -0.2) is 8.42 Å². The van der Waals surface area contributed by atoms with Crippen LogP contribution in [0.1, 0.15) is 18.2 Å². The van der Waals surface area contributed by atoms with Crippen LogP contribution in [0.4, 0.5) is 0 Å². The minimum Gasteiger partial charge on any atom is -0.392 e. The van der Waals surface area contributed by atoms with E-state index in [1.807, 2.05) is 24.4 Å². The van der Waals surface area contributed by atoms with E-state index in [2.05, 4.69) is 4.90 Å². The van der Waals surface area contributed by atoms with E-state index in [9.17, 15) is 13.5 Å². The molecular weight excluding hydrogens is 308 g/mol. The fourth-order valence-electron chi connectivity index (χ4n) is 2.43. The molecule has 0 bridgehead atoms. The second kappa shape index (κ2) is 7.69. The summed E-state index contributed by atoms with van der Waals surface area (Å²) in [6.45, 7) is 5.06. The van der Waals surface area contributed by atoms with Crippen LogP contribution in [0, 0.1) is 0 Å². The van der Waals surface area contributed by atoms with Crippen molar-refractivity contribution in [3.63, 3.8) is 0 Å². The average molecular weight is 332 g/mol. The Hall–Kier alpha value is -0.470. The topological polar surface area (TPSA) is 60.9 Å². The largest absolute Gasteiger partial charge is 0.392 e. The zero-order valence-corrected chi connectivity index (χ0v) is 14.1. The van der Waals surface area contributed by atoms with Gasteiger partial charge in [0.05, 0.1) is 11.9 Å². The molecule has 1 fully saturated rings. The molecule has 1 atom stereocenters. The van der Waals surface area contributed by atoms with Crippen LogP contribution in [0.25, 0.3) is 0 Å². The molecule has 120 valence electrons. The Kier molecular flexibility index (Phi) is 6.19. The maximum Gasteiger partial charge on any atom is 0.214 e. The highest BCUT2D eigenvalue weighted by molar-refractivity contribution is 7.89. The van der Waals surface area contributed by atoms with Gasteiger partial charge in [-0.2, -0.15) is 4.31 Å². The first-order valence-corrected chi connectivity index (χ1v) is 9.91. The van der Waals surface area contributed by atoms with E-state index >= 15 is 0 Å². The summed E-state index contributed by atoms with van der Waals surface area (Å²) in [5.74, 6) is 0.186. The molecule has 1 aromatic rings. The summed E-state index contributed by atoms with van der Waals surface area (Å²) in [7, 11) is -3.17. The molecule has 0 amide bonds. The summed E-state index contributed by atoms with van der Waals surface area (Å²) >= 11 is 1.60. The van der Waals surface area contributed by atoms with Gasteiger partial charge in [-0.15, -0.1) is 11.3 Å². The van der Waals surface area contributed by atoms with Gasteiger partial charge in [-0.05, 0) is 24.3 Å². The number of aryl methyl sites for hydroxylation is 1. The number of rotatable bonds is 7. The molecule has 1 unspecified atom stereocenters. The molecule has 2 heterocycles. The van der Waals surface area contributed by atoms with Gasteiger partial charge in [0.25, 0.3) is 0 Å². The smallest absolute Gasteiger partial charge is 0.214 e. The second-order valence-corrected chi connectivity index (χ2v) is 8.53. The summed E-state index contributed by atoms with van der Waals surface area (Å²) < 4.78 is 26.2. The van der Waals surface area contributed by atoms with Gasteiger partial charge in [-0.1, -0.05) is 13.0 Å². The number of hydrogen-bond donors (Lipinski definition) is 1. The molecule has 0 spiro atoms. The quantitative estimate of drug-likeness (QED) is 0.809. The van der Waals surface area contributed by atoms with Crippen LogP contribution in [0.3, 0.4) is 0 Å². The van der Waals surface area contributed by atoms with Crippen LogP contribution in [0.15, 0.2) is 17.5 Å². The Bertz CT molecular complexity index is 508. The first-order valence-electron chi connectivity index (χ1n) is 7.42. The maximum atomic E-state index is 12.3. The van der Waals surface area contributed by atoms with Crippen LogP contribution in [-0.4, -0.2) is 67.3 Å². The first kappa shape index (κ1) is 16.9. The van der Waals surface area contributed by atoms with Crippen molar-refractivity contribution in [2.45, 2.75) is 25.9 Å². The van der Waals surface area contributed by atoms with Gasteiger partial charge in [0.15, 0.2) is 0 Å². The number of nitrogens with zero attached hydrogens (tertiary/aromatic N) is 2. The maximum absolute atomic E-state index is 12.3. The highest BCUT2D eigenvalue weighted by Gasteiger charge is 2.27. The number of sulfonamides is 1. The van der Waals surface area contributed by atoms with Gasteiger partial charge in [0, 0.05) is 37.6 Å². The molecular formula is C14H24N2O3S2. The third kappa shape index (κ3) is 5.03. The third-order valence-electron chi connectivity index (χ3n) is 3.85. The van der Waals surface area contributed by atoms with Gasteiger partial charge >= 0.3 is 0 Å². The lowest BCUT2D eigenvalue weighted by Gasteiger charge is -2.34. The fourth-order valence-corrected chi connectivity index (χ4v) is 4.72. The van der Waals surface area contributed by atoms with Crippen LogP contribution in [-0.2, 0) is 16.4 Å². The second-order valence-electron chi connectivity index (χ2n) is 5.41. The summed E-state index contributed by atoms with van der Waals surface area (Å²) in [6.07, 6.45) is 1.01. The van der Waals surface area contributed by atoms with Crippen molar-refractivity contribution in [1.82, 2.24) is 9.21 Å². The standard InChI is InChI=1S/C14H24N2O3S2/c1-2-13(17)12-15-6-8-16(9-7-15)21(18,19)11-5-14-4-3-10-20-14/h3-4,10,13,17H,2,5-9,11-12H2,1H3. The monoisotopic (exact) mass is 332 g/mol. The van der Waals surface area contributed by atoms with Crippen molar-refractivity contribution in [2.24, 2.45) is 0 Å². The number of hydrogen-bond acceptors (Lipinski definition) is 5. The molecule has 0 aliphatic carbocycles. The zero-order chi connectivity index (χ0) is 15.3. The molecule has 0 aromatic carbocycles. The Morgan fingerprint density at radius 3 is 2.62 bits per heavy atom. The number of thiophene rings is 1. The fraction of sp³-hybridized carbons (Fsp3) is 0.714. The Labute approximate surface area is 131 Å². The summed E-state index contributed by atoms with van der Waals surface area (Å²) in [6, 6.07) is 3.93. The molecule has 21 heavy (non-hydrogen) atoms. The normalized spacial score (nSPS) is 19.7. The van der Waals surface area contributed by atoms with Crippen LogP contribution >= 0.6 is 11.3 Å². The number of piperazine rings is 1. The van der Waals surface area contributed by atoms with Crippen LogP contribution in [0.5, 0.6) is 0 Å². The van der Waals surface area contributed by atoms with E-state index in [0.29, 0.717) is 39.1 Å². The molecule has 1 N–H and O–H groups in total. The van der Waals surface area contributed by atoms with Crippen molar-refractivity contribution < 1.29 is 13.5 Å². The van der Waals surface area contributed by atoms with Crippen LogP contribution in [0.2, 0.25) is 0 Å². The number of aliphatic hydroxyl groups is 1. The summed E-state index contributed by atoms with van der Waals surface area (Å²) in [5.41, 5.74) is 0. The highest BCUT2D eigenvalue weighted by Crippen LogP contribution is 2.14. The van der Waals surface area contributed by atoms with Crippen molar-refractivity contribution in [1.29, 1.82) is 0 Å². The predicted octanol–water partition coefficient (Wildman–Crippen LogP) is 1.01. The molecule has 0 saturated carbocycles. The first-order chi connectivity index (χ1) is 10.0. The van der Waals surface area contributed by atoms with Gasteiger partial charge < -0.3 is 5.11 Å². The molecule has 7 heteroatoms. The van der Waals surface area contributed by atoms with Crippen molar-refractivity contribution in [3.05, 3.63) is 22.4 Å².